The van der Waals surface area contributed by atoms with E-state index in [4.69, 9.17) is 21.1 Å². The van der Waals surface area contributed by atoms with E-state index in [1.165, 1.54) is 6.07 Å². The van der Waals surface area contributed by atoms with Gasteiger partial charge in [0, 0.05) is 26.7 Å². The van der Waals surface area contributed by atoms with Gasteiger partial charge in [-0.05, 0) is 61.0 Å². The molecule has 0 spiro atoms. The summed E-state index contributed by atoms with van der Waals surface area (Å²) in [5, 5.41) is 3.71. The Kier molecular flexibility index (Phi) is 7.81. The molecular formula is C22H19Br2ClFNO2. The minimum atomic E-state index is -0.398. The van der Waals surface area contributed by atoms with Gasteiger partial charge in [0.2, 0.25) is 0 Å². The molecule has 0 bridgehead atoms. The molecule has 152 valence electrons. The fourth-order valence-corrected chi connectivity index (χ4v) is 3.62. The SMILES string of the molecule is CCOc1cc(CNc2ccc(Br)cc2)c(Br)cc1OCc1c(F)cccc1Cl. The van der Waals surface area contributed by atoms with Crippen LogP contribution in [0.2, 0.25) is 5.02 Å². The lowest BCUT2D eigenvalue weighted by atomic mass is 10.2. The summed E-state index contributed by atoms with van der Waals surface area (Å²) in [5.41, 5.74) is 2.33. The quantitative estimate of drug-likeness (QED) is 0.318. The summed E-state index contributed by atoms with van der Waals surface area (Å²) in [7, 11) is 0. The zero-order valence-corrected chi connectivity index (χ0v) is 19.6. The highest BCUT2D eigenvalue weighted by molar-refractivity contribution is 9.10. The van der Waals surface area contributed by atoms with Crippen molar-refractivity contribution < 1.29 is 13.9 Å². The van der Waals surface area contributed by atoms with Crippen molar-refractivity contribution in [3.05, 3.63) is 85.5 Å². The van der Waals surface area contributed by atoms with Gasteiger partial charge in [0.1, 0.15) is 12.4 Å². The second-order valence-electron chi connectivity index (χ2n) is 6.17. The van der Waals surface area contributed by atoms with Gasteiger partial charge in [-0.25, -0.2) is 4.39 Å². The van der Waals surface area contributed by atoms with Crippen molar-refractivity contribution in [2.75, 3.05) is 11.9 Å². The Morgan fingerprint density at radius 1 is 1.00 bits per heavy atom. The van der Waals surface area contributed by atoms with E-state index in [-0.39, 0.29) is 6.61 Å². The van der Waals surface area contributed by atoms with Crippen LogP contribution in [0.5, 0.6) is 11.5 Å². The molecule has 3 aromatic rings. The van der Waals surface area contributed by atoms with Gasteiger partial charge in [0.05, 0.1) is 11.6 Å². The van der Waals surface area contributed by atoms with Crippen LogP contribution in [0.25, 0.3) is 0 Å². The van der Waals surface area contributed by atoms with Crippen LogP contribution in [0.4, 0.5) is 10.1 Å². The molecule has 0 aliphatic heterocycles. The van der Waals surface area contributed by atoms with Gasteiger partial charge in [-0.3, -0.25) is 0 Å². The highest BCUT2D eigenvalue weighted by atomic mass is 79.9. The van der Waals surface area contributed by atoms with E-state index in [9.17, 15) is 4.39 Å². The zero-order valence-electron chi connectivity index (χ0n) is 15.6. The Morgan fingerprint density at radius 2 is 1.72 bits per heavy atom. The van der Waals surface area contributed by atoms with Crippen molar-refractivity contribution in [1.82, 2.24) is 0 Å². The average Bonchev–Trinajstić information content (AvgIpc) is 2.69. The van der Waals surface area contributed by atoms with Crippen molar-refractivity contribution in [1.29, 1.82) is 0 Å². The van der Waals surface area contributed by atoms with Crippen LogP contribution in [-0.2, 0) is 13.2 Å². The molecule has 0 saturated heterocycles. The second kappa shape index (κ2) is 10.3. The van der Waals surface area contributed by atoms with Gasteiger partial charge in [0.15, 0.2) is 11.5 Å². The molecule has 0 aliphatic rings. The highest BCUT2D eigenvalue weighted by Crippen LogP contribution is 2.35. The molecule has 29 heavy (non-hydrogen) atoms. The third-order valence-electron chi connectivity index (χ3n) is 4.17. The monoisotopic (exact) mass is 541 g/mol. The first-order chi connectivity index (χ1) is 14.0. The van der Waals surface area contributed by atoms with Gasteiger partial charge in [0.25, 0.3) is 0 Å². The summed E-state index contributed by atoms with van der Waals surface area (Å²) in [4.78, 5) is 0. The Labute approximate surface area is 191 Å². The van der Waals surface area contributed by atoms with E-state index >= 15 is 0 Å². The second-order valence-corrected chi connectivity index (χ2v) is 8.35. The molecular weight excluding hydrogens is 525 g/mol. The molecule has 0 atom stereocenters. The number of anilines is 1. The molecule has 0 aliphatic carbocycles. The molecule has 1 N–H and O–H groups in total. The van der Waals surface area contributed by atoms with Crippen LogP contribution < -0.4 is 14.8 Å². The van der Waals surface area contributed by atoms with Crippen molar-refractivity contribution in [2.24, 2.45) is 0 Å². The number of halogens is 4. The Morgan fingerprint density at radius 3 is 2.41 bits per heavy atom. The van der Waals surface area contributed by atoms with E-state index in [2.05, 4.69) is 37.2 Å². The number of benzene rings is 3. The average molecular weight is 544 g/mol. The van der Waals surface area contributed by atoms with Gasteiger partial charge < -0.3 is 14.8 Å². The highest BCUT2D eigenvalue weighted by Gasteiger charge is 2.14. The minimum Gasteiger partial charge on any atom is -0.490 e. The zero-order chi connectivity index (χ0) is 20.8. The molecule has 3 nitrogen and oxygen atoms in total. The molecule has 0 heterocycles. The van der Waals surface area contributed by atoms with Crippen molar-refractivity contribution in [3.63, 3.8) is 0 Å². The smallest absolute Gasteiger partial charge is 0.162 e. The first-order valence-electron chi connectivity index (χ1n) is 8.98. The van der Waals surface area contributed by atoms with Crippen LogP contribution in [0.15, 0.2) is 63.5 Å². The summed E-state index contributed by atoms with van der Waals surface area (Å²) in [6.07, 6.45) is 0. The largest absolute Gasteiger partial charge is 0.490 e. The summed E-state index contributed by atoms with van der Waals surface area (Å²) in [5.74, 6) is 0.714. The summed E-state index contributed by atoms with van der Waals surface area (Å²) >= 11 is 13.1. The third kappa shape index (κ3) is 5.87. The molecule has 0 aromatic heterocycles. The van der Waals surface area contributed by atoms with Crippen molar-refractivity contribution in [3.8, 4) is 11.5 Å². The number of rotatable bonds is 8. The molecule has 0 unspecified atom stereocenters. The van der Waals surface area contributed by atoms with E-state index in [0.717, 1.165) is 20.2 Å². The number of hydrogen-bond donors (Lipinski definition) is 1. The van der Waals surface area contributed by atoms with E-state index in [1.54, 1.807) is 12.1 Å². The van der Waals surface area contributed by atoms with E-state index in [1.807, 2.05) is 43.3 Å². The van der Waals surface area contributed by atoms with Gasteiger partial charge in [-0.1, -0.05) is 49.5 Å². The Balaban J connectivity index is 1.77. The minimum absolute atomic E-state index is 0.00844. The molecule has 3 rings (SSSR count). The molecule has 3 aromatic carbocycles. The lowest BCUT2D eigenvalue weighted by molar-refractivity contribution is 0.265. The molecule has 7 heteroatoms. The number of nitrogens with one attached hydrogen (secondary N) is 1. The molecule has 0 radical (unpaired) electrons. The van der Waals surface area contributed by atoms with Crippen LogP contribution in [0, 0.1) is 5.82 Å². The fourth-order valence-electron chi connectivity index (χ4n) is 2.68. The van der Waals surface area contributed by atoms with E-state index in [0.29, 0.717) is 35.2 Å². The normalized spacial score (nSPS) is 10.7. The maximum atomic E-state index is 14.0. The van der Waals surface area contributed by atoms with Crippen LogP contribution in [-0.4, -0.2) is 6.61 Å². The lowest BCUT2D eigenvalue weighted by Crippen LogP contribution is -2.05. The summed E-state index contributed by atoms with van der Waals surface area (Å²) in [6, 6.07) is 16.3. The third-order valence-corrected chi connectivity index (χ3v) is 5.79. The molecule has 0 saturated carbocycles. The lowest BCUT2D eigenvalue weighted by Gasteiger charge is -2.16. The number of ether oxygens (including phenoxy) is 2. The van der Waals surface area contributed by atoms with Crippen LogP contribution >= 0.6 is 43.5 Å². The molecule has 0 amide bonds. The fraction of sp³-hybridized carbons (Fsp3) is 0.182. The maximum Gasteiger partial charge on any atom is 0.162 e. The summed E-state index contributed by atoms with van der Waals surface area (Å²) < 4.78 is 27.5. The predicted octanol–water partition coefficient (Wildman–Crippen LogP) is 7.59. The first-order valence-corrected chi connectivity index (χ1v) is 10.9. The van der Waals surface area contributed by atoms with E-state index < -0.39 is 5.82 Å². The van der Waals surface area contributed by atoms with Gasteiger partial charge >= 0.3 is 0 Å². The van der Waals surface area contributed by atoms with Gasteiger partial charge in [-0.2, -0.15) is 0 Å². The van der Waals surface area contributed by atoms with Crippen LogP contribution in [0.3, 0.4) is 0 Å². The van der Waals surface area contributed by atoms with Crippen molar-refractivity contribution in [2.45, 2.75) is 20.1 Å². The summed E-state index contributed by atoms with van der Waals surface area (Å²) in [6.45, 7) is 2.99. The standard InChI is InChI=1S/C22H19Br2ClFNO2/c1-2-28-21-10-14(12-27-16-8-6-15(23)7-9-16)18(24)11-22(21)29-13-17-19(25)4-3-5-20(17)26/h3-11,27H,2,12-13H2,1H3. The Bertz CT molecular complexity index is 963. The number of hydrogen-bond acceptors (Lipinski definition) is 3. The van der Waals surface area contributed by atoms with Crippen molar-refractivity contribution >= 4 is 49.1 Å². The molecule has 0 fully saturated rings. The predicted molar refractivity (Wildman–Crippen MR) is 123 cm³/mol. The Hall–Kier alpha value is -1.76. The van der Waals surface area contributed by atoms with Gasteiger partial charge in [-0.15, -0.1) is 0 Å². The van der Waals surface area contributed by atoms with Crippen LogP contribution in [0.1, 0.15) is 18.1 Å². The first kappa shape index (κ1) is 21.9. The maximum absolute atomic E-state index is 14.0. The topological polar surface area (TPSA) is 30.5 Å².